The van der Waals surface area contributed by atoms with Gasteiger partial charge >= 0.3 is 0 Å². The third kappa shape index (κ3) is 4.85. The molecule has 0 aliphatic rings. The number of nitrogens with zero attached hydrogens (tertiary/aromatic N) is 1. The van der Waals surface area contributed by atoms with Crippen LogP contribution < -0.4 is 5.56 Å². The molecule has 2 rings (SSSR count). The fraction of sp³-hybridized carbons (Fsp3) is 0.190. The summed E-state index contributed by atoms with van der Waals surface area (Å²) in [5.41, 5.74) is 1.55. The Morgan fingerprint density at radius 2 is 1.96 bits per heavy atom. The zero-order valence-corrected chi connectivity index (χ0v) is 14.7. The Hall–Kier alpha value is -2.82. The Morgan fingerprint density at radius 1 is 1.27 bits per heavy atom. The minimum absolute atomic E-state index is 0.0744. The molecule has 0 saturated heterocycles. The van der Waals surface area contributed by atoms with E-state index in [9.17, 15) is 18.0 Å². The predicted octanol–water partition coefficient (Wildman–Crippen LogP) is 5.17. The average Bonchev–Trinajstić information content (AvgIpc) is 2.58. The van der Waals surface area contributed by atoms with E-state index in [4.69, 9.17) is 0 Å². The number of pyridine rings is 1. The van der Waals surface area contributed by atoms with Crippen LogP contribution in [0.25, 0.3) is 0 Å². The highest BCUT2D eigenvalue weighted by Gasteiger charge is 2.10. The molecule has 0 radical (unpaired) electrons. The summed E-state index contributed by atoms with van der Waals surface area (Å²) in [5.74, 6) is -1.99. The number of aromatic nitrogens is 1. The van der Waals surface area contributed by atoms with Gasteiger partial charge in [-0.15, -0.1) is 0 Å². The highest BCUT2D eigenvalue weighted by atomic mass is 19.1. The fourth-order valence-electron chi connectivity index (χ4n) is 2.66. The normalized spacial score (nSPS) is 12.3. The van der Waals surface area contributed by atoms with Crippen LogP contribution in [0.4, 0.5) is 13.2 Å². The van der Waals surface area contributed by atoms with Gasteiger partial charge in [-0.2, -0.15) is 0 Å². The van der Waals surface area contributed by atoms with Crippen molar-refractivity contribution in [3.8, 4) is 0 Å². The first kappa shape index (κ1) is 19.5. The topological polar surface area (TPSA) is 22.0 Å². The number of allylic oxidation sites excluding steroid dienone is 5. The van der Waals surface area contributed by atoms with E-state index in [2.05, 4.69) is 6.58 Å². The Morgan fingerprint density at radius 3 is 2.58 bits per heavy atom. The average molecular weight is 359 g/mol. The van der Waals surface area contributed by atoms with Crippen LogP contribution in [0.3, 0.4) is 0 Å². The van der Waals surface area contributed by atoms with Crippen LogP contribution in [0.2, 0.25) is 0 Å². The second-order valence-electron chi connectivity index (χ2n) is 5.99. The number of benzene rings is 1. The van der Waals surface area contributed by atoms with Crippen molar-refractivity contribution >= 4 is 0 Å². The van der Waals surface area contributed by atoms with E-state index in [1.807, 2.05) is 0 Å². The lowest BCUT2D eigenvalue weighted by atomic mass is 10.0. The number of halogens is 3. The number of aryl methyl sites for hydroxylation is 1. The van der Waals surface area contributed by atoms with Crippen LogP contribution in [0.15, 0.2) is 77.3 Å². The van der Waals surface area contributed by atoms with E-state index in [1.54, 1.807) is 44.3 Å². The van der Waals surface area contributed by atoms with Gasteiger partial charge in [0.05, 0.1) is 6.54 Å². The fourth-order valence-corrected chi connectivity index (χ4v) is 2.66. The van der Waals surface area contributed by atoms with Crippen molar-refractivity contribution < 1.29 is 13.2 Å². The molecule has 0 fully saturated rings. The van der Waals surface area contributed by atoms with Crippen LogP contribution in [-0.2, 0) is 13.0 Å². The van der Waals surface area contributed by atoms with E-state index >= 15 is 0 Å². The first-order chi connectivity index (χ1) is 12.3. The molecule has 1 heterocycles. The Bertz CT molecular complexity index is 939. The first-order valence-electron chi connectivity index (χ1n) is 8.12. The Balaban J connectivity index is 2.37. The zero-order valence-electron chi connectivity index (χ0n) is 14.7. The maximum Gasteiger partial charge on any atom is 0.253 e. The van der Waals surface area contributed by atoms with Crippen LogP contribution >= 0.6 is 0 Å². The molecule has 0 saturated carbocycles. The van der Waals surface area contributed by atoms with Gasteiger partial charge in [0.2, 0.25) is 0 Å². The van der Waals surface area contributed by atoms with Gasteiger partial charge in [0.15, 0.2) is 0 Å². The molecule has 0 aliphatic heterocycles. The molecule has 26 heavy (non-hydrogen) atoms. The maximum absolute atomic E-state index is 14.1. The minimum atomic E-state index is -0.873. The van der Waals surface area contributed by atoms with Gasteiger partial charge in [0, 0.05) is 29.8 Å². The van der Waals surface area contributed by atoms with Crippen molar-refractivity contribution in [3.63, 3.8) is 0 Å². The molecule has 5 heteroatoms. The monoisotopic (exact) mass is 359 g/mol. The molecule has 0 unspecified atom stereocenters. The van der Waals surface area contributed by atoms with E-state index in [1.165, 1.54) is 16.7 Å². The molecule has 2 aromatic rings. The van der Waals surface area contributed by atoms with Crippen LogP contribution in [0.1, 0.15) is 23.6 Å². The molecular weight excluding hydrogens is 339 g/mol. The second-order valence-corrected chi connectivity index (χ2v) is 5.99. The SMILES string of the molecule is C=C(F)C=C(F)C(=CC)Cc1cc(C)c(=O)n(Cc2ccccc2F)c1. The summed E-state index contributed by atoms with van der Waals surface area (Å²) in [6.07, 6.45) is 4.00. The number of rotatable bonds is 6. The molecule has 136 valence electrons. The molecule has 0 aliphatic carbocycles. The highest BCUT2D eigenvalue weighted by Crippen LogP contribution is 2.20. The van der Waals surface area contributed by atoms with Crippen molar-refractivity contribution in [3.05, 3.63) is 105 Å². The Kier molecular flexibility index (Phi) is 6.39. The maximum atomic E-state index is 14.1. The van der Waals surface area contributed by atoms with E-state index < -0.39 is 17.5 Å². The van der Waals surface area contributed by atoms with Gasteiger partial charge in [-0.05, 0) is 37.1 Å². The molecule has 0 bridgehead atoms. The van der Waals surface area contributed by atoms with Gasteiger partial charge in [0.25, 0.3) is 5.56 Å². The molecule has 1 aromatic heterocycles. The van der Waals surface area contributed by atoms with Crippen molar-refractivity contribution in [1.29, 1.82) is 0 Å². The largest absolute Gasteiger partial charge is 0.310 e. The lowest BCUT2D eigenvalue weighted by Crippen LogP contribution is -2.23. The summed E-state index contributed by atoms with van der Waals surface area (Å²) < 4.78 is 42.2. The molecule has 2 nitrogen and oxygen atoms in total. The van der Waals surface area contributed by atoms with Crippen molar-refractivity contribution in [2.75, 3.05) is 0 Å². The Labute approximate surface area is 150 Å². The molecule has 0 amide bonds. The quantitative estimate of drug-likeness (QED) is 0.652. The minimum Gasteiger partial charge on any atom is -0.310 e. The van der Waals surface area contributed by atoms with Gasteiger partial charge in [0.1, 0.15) is 17.5 Å². The van der Waals surface area contributed by atoms with Crippen LogP contribution in [0, 0.1) is 12.7 Å². The molecule has 1 aromatic carbocycles. The van der Waals surface area contributed by atoms with Gasteiger partial charge in [-0.3, -0.25) is 4.79 Å². The second kappa shape index (κ2) is 8.52. The molecule has 0 N–H and O–H groups in total. The summed E-state index contributed by atoms with van der Waals surface area (Å²) in [6.45, 7) is 6.39. The van der Waals surface area contributed by atoms with Crippen molar-refractivity contribution in [2.24, 2.45) is 0 Å². The van der Waals surface area contributed by atoms with Gasteiger partial charge in [-0.25, -0.2) is 13.2 Å². The van der Waals surface area contributed by atoms with Gasteiger partial charge in [-0.1, -0.05) is 30.9 Å². The predicted molar refractivity (Wildman–Crippen MR) is 97.8 cm³/mol. The van der Waals surface area contributed by atoms with Crippen molar-refractivity contribution in [2.45, 2.75) is 26.8 Å². The lowest BCUT2D eigenvalue weighted by Gasteiger charge is -2.12. The summed E-state index contributed by atoms with van der Waals surface area (Å²) in [5, 5.41) is 0. The number of hydrogen-bond acceptors (Lipinski definition) is 1. The summed E-state index contributed by atoms with van der Waals surface area (Å²) in [6, 6.07) is 7.87. The van der Waals surface area contributed by atoms with Gasteiger partial charge < -0.3 is 4.57 Å². The summed E-state index contributed by atoms with van der Waals surface area (Å²) in [4.78, 5) is 12.4. The zero-order chi connectivity index (χ0) is 19.3. The van der Waals surface area contributed by atoms with Crippen LogP contribution in [-0.4, -0.2) is 4.57 Å². The van der Waals surface area contributed by atoms with E-state index in [0.717, 1.165) is 6.08 Å². The third-order valence-corrected chi connectivity index (χ3v) is 3.95. The highest BCUT2D eigenvalue weighted by molar-refractivity contribution is 5.35. The number of hydrogen-bond donors (Lipinski definition) is 0. The van der Waals surface area contributed by atoms with E-state index in [-0.39, 0.29) is 24.1 Å². The summed E-state index contributed by atoms with van der Waals surface area (Å²) in [7, 11) is 0. The van der Waals surface area contributed by atoms with E-state index in [0.29, 0.717) is 16.7 Å². The molecule has 0 atom stereocenters. The molecular formula is C21H20F3NO. The summed E-state index contributed by atoms with van der Waals surface area (Å²) >= 11 is 0. The third-order valence-electron chi connectivity index (χ3n) is 3.95. The standard InChI is InChI=1S/C21H20F3NO/c1-4-17(20(24)10-15(3)22)11-16-9-14(2)21(26)25(12-16)13-18-7-5-6-8-19(18)23/h4-10,12H,3,11,13H2,1-2H3. The first-order valence-corrected chi connectivity index (χ1v) is 8.12. The smallest absolute Gasteiger partial charge is 0.253 e. The van der Waals surface area contributed by atoms with Crippen molar-refractivity contribution in [1.82, 2.24) is 4.57 Å². The molecule has 0 spiro atoms. The lowest BCUT2D eigenvalue weighted by molar-refractivity contribution is 0.594. The van der Waals surface area contributed by atoms with Crippen LogP contribution in [0.5, 0.6) is 0 Å².